The van der Waals surface area contributed by atoms with E-state index >= 15 is 0 Å². The predicted octanol–water partition coefficient (Wildman–Crippen LogP) is 4.25. The summed E-state index contributed by atoms with van der Waals surface area (Å²) in [6, 6.07) is 8.51. The Bertz CT molecular complexity index is 604. The number of nitrogens with one attached hydrogen (secondary N) is 1. The Morgan fingerprint density at radius 3 is 2.78 bits per heavy atom. The van der Waals surface area contributed by atoms with Gasteiger partial charge in [-0.15, -0.1) is 0 Å². The highest BCUT2D eigenvalue weighted by Gasteiger charge is 2.12. The normalized spacial score (nSPS) is 10.2. The van der Waals surface area contributed by atoms with Crippen molar-refractivity contribution in [1.82, 2.24) is 4.98 Å². The molecule has 0 aliphatic heterocycles. The van der Waals surface area contributed by atoms with Crippen LogP contribution in [0.15, 0.2) is 36.5 Å². The van der Waals surface area contributed by atoms with Crippen LogP contribution in [0, 0.1) is 3.57 Å². The highest BCUT2D eigenvalue weighted by molar-refractivity contribution is 14.1. The number of nitrogens with zero attached hydrogens (tertiary/aromatic N) is 1. The molecule has 0 unspecified atom stereocenters. The van der Waals surface area contributed by atoms with Crippen LogP contribution >= 0.6 is 45.8 Å². The summed E-state index contributed by atoms with van der Waals surface area (Å²) in [5.74, 6) is -0.267. The van der Waals surface area contributed by atoms with Gasteiger partial charge in [0.05, 0.1) is 11.3 Å². The highest BCUT2D eigenvalue weighted by atomic mass is 127. The first-order valence-corrected chi connectivity index (χ1v) is 6.78. The lowest BCUT2D eigenvalue weighted by Crippen LogP contribution is -2.14. The van der Waals surface area contributed by atoms with Crippen LogP contribution in [0.1, 0.15) is 10.4 Å². The summed E-state index contributed by atoms with van der Waals surface area (Å²) in [4.78, 5) is 16.0. The van der Waals surface area contributed by atoms with Gasteiger partial charge in [0, 0.05) is 14.8 Å². The van der Waals surface area contributed by atoms with E-state index in [1.54, 1.807) is 36.5 Å². The Kier molecular flexibility index (Phi) is 4.42. The maximum Gasteiger partial charge on any atom is 0.256 e. The molecule has 1 N–H and O–H groups in total. The molecule has 3 nitrogen and oxygen atoms in total. The van der Waals surface area contributed by atoms with Gasteiger partial charge in [0.2, 0.25) is 0 Å². The zero-order chi connectivity index (χ0) is 13.1. The van der Waals surface area contributed by atoms with Crippen molar-refractivity contribution in [2.24, 2.45) is 0 Å². The summed E-state index contributed by atoms with van der Waals surface area (Å²) in [7, 11) is 0. The third-order valence-corrected chi connectivity index (χ3v) is 3.66. The summed E-state index contributed by atoms with van der Waals surface area (Å²) in [6.07, 6.45) is 1.56. The molecular formula is C12H7Cl2IN2O. The van der Waals surface area contributed by atoms with Gasteiger partial charge in [-0.3, -0.25) is 4.79 Å². The number of pyridine rings is 1. The number of aromatic nitrogens is 1. The maximum atomic E-state index is 12.1. The lowest BCUT2D eigenvalue weighted by molar-refractivity contribution is 0.102. The van der Waals surface area contributed by atoms with Gasteiger partial charge in [0.25, 0.3) is 5.91 Å². The number of hydrogen-bond donors (Lipinski definition) is 1. The number of anilines is 1. The molecule has 0 aliphatic carbocycles. The maximum absolute atomic E-state index is 12.1. The number of carbonyl (C=O) groups is 1. The van der Waals surface area contributed by atoms with E-state index in [-0.39, 0.29) is 11.1 Å². The standard InChI is InChI=1S/C12H7Cl2IN2O/c13-7-3-4-9(15)8(6-7)12(18)17-10-2-1-5-16-11(10)14/h1-6H,(H,17,18). The van der Waals surface area contributed by atoms with Gasteiger partial charge in [-0.05, 0) is 52.9 Å². The molecule has 0 aliphatic rings. The monoisotopic (exact) mass is 392 g/mol. The van der Waals surface area contributed by atoms with Crippen molar-refractivity contribution in [3.8, 4) is 0 Å². The van der Waals surface area contributed by atoms with Crippen molar-refractivity contribution < 1.29 is 4.79 Å². The quantitative estimate of drug-likeness (QED) is 0.613. The van der Waals surface area contributed by atoms with E-state index in [1.165, 1.54) is 0 Å². The fraction of sp³-hybridized carbons (Fsp3) is 0. The molecule has 18 heavy (non-hydrogen) atoms. The van der Waals surface area contributed by atoms with Gasteiger partial charge in [-0.25, -0.2) is 4.98 Å². The topological polar surface area (TPSA) is 42.0 Å². The minimum Gasteiger partial charge on any atom is -0.319 e. The van der Waals surface area contributed by atoms with Crippen molar-refractivity contribution in [3.63, 3.8) is 0 Å². The third-order valence-electron chi connectivity index (χ3n) is 2.18. The highest BCUT2D eigenvalue weighted by Crippen LogP contribution is 2.22. The molecule has 0 bridgehead atoms. The molecule has 6 heteroatoms. The molecule has 1 amide bonds. The van der Waals surface area contributed by atoms with E-state index in [0.717, 1.165) is 3.57 Å². The number of amides is 1. The largest absolute Gasteiger partial charge is 0.319 e. The van der Waals surface area contributed by atoms with Crippen LogP contribution in [-0.2, 0) is 0 Å². The molecule has 0 saturated heterocycles. The Morgan fingerprint density at radius 2 is 2.06 bits per heavy atom. The molecule has 0 atom stereocenters. The van der Waals surface area contributed by atoms with E-state index in [1.807, 2.05) is 0 Å². The van der Waals surface area contributed by atoms with Gasteiger partial charge in [0.1, 0.15) is 0 Å². The minimum absolute atomic E-state index is 0.253. The van der Waals surface area contributed by atoms with Gasteiger partial charge in [-0.1, -0.05) is 23.2 Å². The number of rotatable bonds is 2. The molecule has 0 radical (unpaired) electrons. The number of hydrogen-bond acceptors (Lipinski definition) is 2. The van der Waals surface area contributed by atoms with Crippen molar-refractivity contribution in [2.45, 2.75) is 0 Å². The Balaban J connectivity index is 2.28. The Labute approximate surface area is 128 Å². The molecule has 2 rings (SSSR count). The molecule has 1 aromatic heterocycles. The molecule has 0 fully saturated rings. The predicted molar refractivity (Wildman–Crippen MR) is 81.4 cm³/mol. The smallest absolute Gasteiger partial charge is 0.256 e. The molecule has 0 saturated carbocycles. The van der Waals surface area contributed by atoms with Crippen molar-refractivity contribution >= 4 is 57.4 Å². The van der Waals surface area contributed by atoms with Crippen LogP contribution in [0.5, 0.6) is 0 Å². The Hall–Kier alpha value is -0.850. The summed E-state index contributed by atoms with van der Waals surface area (Å²) in [5, 5.41) is 3.46. The molecule has 1 aromatic carbocycles. The zero-order valence-corrected chi connectivity index (χ0v) is 12.6. The van der Waals surface area contributed by atoms with Gasteiger partial charge < -0.3 is 5.32 Å². The Morgan fingerprint density at radius 1 is 1.28 bits per heavy atom. The fourth-order valence-electron chi connectivity index (χ4n) is 1.34. The average molecular weight is 393 g/mol. The minimum atomic E-state index is -0.267. The van der Waals surface area contributed by atoms with E-state index in [4.69, 9.17) is 23.2 Å². The van der Waals surface area contributed by atoms with Crippen molar-refractivity contribution in [1.29, 1.82) is 0 Å². The van der Waals surface area contributed by atoms with Crippen LogP contribution < -0.4 is 5.32 Å². The fourth-order valence-corrected chi connectivity index (χ4v) is 2.26. The van der Waals surface area contributed by atoms with Crippen molar-refractivity contribution in [3.05, 3.63) is 55.8 Å². The zero-order valence-electron chi connectivity index (χ0n) is 8.95. The van der Waals surface area contributed by atoms with Gasteiger partial charge in [0.15, 0.2) is 5.15 Å². The van der Waals surface area contributed by atoms with Crippen LogP contribution in [-0.4, -0.2) is 10.9 Å². The summed E-state index contributed by atoms with van der Waals surface area (Å²) in [6.45, 7) is 0. The number of halogens is 3. The lowest BCUT2D eigenvalue weighted by atomic mass is 10.2. The summed E-state index contributed by atoms with van der Waals surface area (Å²) in [5.41, 5.74) is 0.975. The second kappa shape index (κ2) is 5.86. The first-order chi connectivity index (χ1) is 8.58. The average Bonchev–Trinajstić information content (AvgIpc) is 2.35. The summed E-state index contributed by atoms with van der Waals surface area (Å²) >= 11 is 13.8. The van der Waals surface area contributed by atoms with E-state index < -0.39 is 0 Å². The summed E-state index contributed by atoms with van der Waals surface area (Å²) < 4.78 is 0.814. The van der Waals surface area contributed by atoms with E-state index in [0.29, 0.717) is 16.3 Å². The first kappa shape index (κ1) is 13.6. The van der Waals surface area contributed by atoms with Crippen molar-refractivity contribution in [2.75, 3.05) is 5.32 Å². The van der Waals surface area contributed by atoms with E-state index in [2.05, 4.69) is 32.9 Å². The van der Waals surface area contributed by atoms with Gasteiger partial charge >= 0.3 is 0 Å². The number of carbonyl (C=O) groups excluding carboxylic acids is 1. The lowest BCUT2D eigenvalue weighted by Gasteiger charge is -2.08. The number of benzene rings is 1. The SMILES string of the molecule is O=C(Nc1cccnc1Cl)c1cc(Cl)ccc1I. The first-order valence-electron chi connectivity index (χ1n) is 4.95. The second-order valence-corrected chi connectivity index (χ2v) is 5.38. The molecule has 2 aromatic rings. The van der Waals surface area contributed by atoms with Crippen LogP contribution in [0.4, 0.5) is 5.69 Å². The van der Waals surface area contributed by atoms with Crippen LogP contribution in [0.2, 0.25) is 10.2 Å². The second-order valence-electron chi connectivity index (χ2n) is 3.42. The van der Waals surface area contributed by atoms with Crippen LogP contribution in [0.25, 0.3) is 0 Å². The van der Waals surface area contributed by atoms with Gasteiger partial charge in [-0.2, -0.15) is 0 Å². The molecular weight excluding hydrogens is 386 g/mol. The molecule has 92 valence electrons. The van der Waals surface area contributed by atoms with Crippen LogP contribution in [0.3, 0.4) is 0 Å². The van der Waals surface area contributed by atoms with E-state index in [9.17, 15) is 4.79 Å². The molecule has 0 spiro atoms. The molecule has 1 heterocycles. The third kappa shape index (κ3) is 3.13.